The molecule has 0 bridgehead atoms. The molecule has 2 unspecified atom stereocenters. The van der Waals surface area contributed by atoms with Crippen LogP contribution in [0.1, 0.15) is 40.2 Å². The van der Waals surface area contributed by atoms with Gasteiger partial charge in [0.1, 0.15) is 11.8 Å². The molecule has 3 aromatic carbocycles. The molecule has 7 heteroatoms. The molecule has 34 heavy (non-hydrogen) atoms. The number of rotatable bonds is 10. The Balaban J connectivity index is 0.00000324. The maximum Gasteiger partial charge on any atom is 0.251 e. The predicted octanol–water partition coefficient (Wildman–Crippen LogP) is 3.81. The largest absolute Gasteiger partial charge is 0.494 e. The van der Waals surface area contributed by atoms with Crippen LogP contribution in [0.15, 0.2) is 84.9 Å². The molecule has 1 aliphatic rings. The highest BCUT2D eigenvalue weighted by Gasteiger charge is 2.34. The van der Waals surface area contributed by atoms with E-state index in [-0.39, 0.29) is 30.3 Å². The Morgan fingerprint density at radius 1 is 0.941 bits per heavy atom. The molecule has 4 rings (SSSR count). The Morgan fingerprint density at radius 3 is 2.18 bits per heavy atom. The summed E-state index contributed by atoms with van der Waals surface area (Å²) in [4.78, 5) is 25.5. The SMILES string of the molecule is Cl.NC1C[C@H]1c1ccc(OCCC(NC(=O)c2ccccc2)C(=O)NCc2ccccc2)cc1. The van der Waals surface area contributed by atoms with Gasteiger partial charge in [-0.3, -0.25) is 9.59 Å². The number of hydrogen-bond donors (Lipinski definition) is 3. The summed E-state index contributed by atoms with van der Waals surface area (Å²) >= 11 is 0. The normalized spacial score (nSPS) is 17.1. The lowest BCUT2D eigenvalue weighted by molar-refractivity contribution is -0.123. The quantitative estimate of drug-likeness (QED) is 0.412. The van der Waals surface area contributed by atoms with Crippen LogP contribution in [0.5, 0.6) is 5.75 Å². The number of halogens is 1. The number of carbonyl (C=O) groups is 2. The monoisotopic (exact) mass is 479 g/mol. The van der Waals surface area contributed by atoms with Gasteiger partial charge in [-0.2, -0.15) is 0 Å². The van der Waals surface area contributed by atoms with E-state index in [1.165, 1.54) is 5.56 Å². The third kappa shape index (κ3) is 7.07. The summed E-state index contributed by atoms with van der Waals surface area (Å²) in [5.74, 6) is 0.640. The average Bonchev–Trinajstić information content (AvgIpc) is 3.59. The van der Waals surface area contributed by atoms with Crippen molar-refractivity contribution in [1.82, 2.24) is 10.6 Å². The average molecular weight is 480 g/mol. The molecule has 1 saturated carbocycles. The summed E-state index contributed by atoms with van der Waals surface area (Å²) in [5, 5.41) is 5.76. The molecule has 1 aliphatic carbocycles. The number of hydrogen-bond acceptors (Lipinski definition) is 4. The maximum absolute atomic E-state index is 12.9. The van der Waals surface area contributed by atoms with Crippen molar-refractivity contribution < 1.29 is 14.3 Å². The van der Waals surface area contributed by atoms with E-state index in [0.717, 1.165) is 17.7 Å². The first-order valence-corrected chi connectivity index (χ1v) is 11.3. The van der Waals surface area contributed by atoms with Crippen LogP contribution in [0.3, 0.4) is 0 Å². The smallest absolute Gasteiger partial charge is 0.251 e. The minimum Gasteiger partial charge on any atom is -0.494 e. The molecule has 178 valence electrons. The number of carbonyl (C=O) groups excluding carboxylic acids is 2. The molecule has 0 heterocycles. The van der Waals surface area contributed by atoms with Crippen molar-refractivity contribution >= 4 is 24.2 Å². The molecule has 3 atom stereocenters. The summed E-state index contributed by atoms with van der Waals surface area (Å²) < 4.78 is 5.86. The van der Waals surface area contributed by atoms with E-state index in [2.05, 4.69) is 10.6 Å². The summed E-state index contributed by atoms with van der Waals surface area (Å²) in [5.41, 5.74) is 8.64. The lowest BCUT2D eigenvalue weighted by atomic mass is 10.1. The molecular formula is C27H30ClN3O3. The molecule has 0 radical (unpaired) electrons. The molecule has 2 amide bonds. The van der Waals surface area contributed by atoms with Crippen molar-refractivity contribution in [3.05, 3.63) is 102 Å². The highest BCUT2D eigenvalue weighted by molar-refractivity contribution is 5.97. The first-order valence-electron chi connectivity index (χ1n) is 11.3. The molecule has 6 nitrogen and oxygen atoms in total. The van der Waals surface area contributed by atoms with Crippen LogP contribution in [0.25, 0.3) is 0 Å². The second kappa shape index (κ2) is 12.2. The first-order chi connectivity index (χ1) is 16.1. The van der Waals surface area contributed by atoms with E-state index >= 15 is 0 Å². The third-order valence-corrected chi connectivity index (χ3v) is 5.79. The van der Waals surface area contributed by atoms with Crippen LogP contribution in [0.4, 0.5) is 0 Å². The lowest BCUT2D eigenvalue weighted by Gasteiger charge is -2.19. The van der Waals surface area contributed by atoms with Gasteiger partial charge in [-0.25, -0.2) is 0 Å². The van der Waals surface area contributed by atoms with Gasteiger partial charge in [-0.1, -0.05) is 60.7 Å². The Bertz CT molecular complexity index is 1060. The van der Waals surface area contributed by atoms with Crippen molar-refractivity contribution in [2.24, 2.45) is 5.73 Å². The van der Waals surface area contributed by atoms with Gasteiger partial charge in [0.25, 0.3) is 5.91 Å². The van der Waals surface area contributed by atoms with Gasteiger partial charge in [0.2, 0.25) is 5.91 Å². The molecule has 3 aromatic rings. The zero-order chi connectivity index (χ0) is 23.0. The van der Waals surface area contributed by atoms with Crippen molar-refractivity contribution in [3.63, 3.8) is 0 Å². The number of ether oxygens (including phenoxy) is 1. The van der Waals surface area contributed by atoms with E-state index < -0.39 is 6.04 Å². The Labute approximate surface area is 206 Å². The fourth-order valence-corrected chi connectivity index (χ4v) is 3.71. The zero-order valence-corrected chi connectivity index (χ0v) is 19.7. The Kier molecular flexibility index (Phi) is 9.08. The fourth-order valence-electron chi connectivity index (χ4n) is 3.71. The number of benzene rings is 3. The van der Waals surface area contributed by atoms with Gasteiger partial charge in [-0.15, -0.1) is 12.4 Å². The van der Waals surface area contributed by atoms with Gasteiger partial charge in [0.05, 0.1) is 6.61 Å². The predicted molar refractivity (Wildman–Crippen MR) is 135 cm³/mol. The van der Waals surface area contributed by atoms with Gasteiger partial charge >= 0.3 is 0 Å². The van der Waals surface area contributed by atoms with E-state index in [1.54, 1.807) is 24.3 Å². The van der Waals surface area contributed by atoms with E-state index in [0.29, 0.717) is 31.1 Å². The number of nitrogens with one attached hydrogen (secondary N) is 2. The van der Waals surface area contributed by atoms with Gasteiger partial charge in [0.15, 0.2) is 0 Å². The minimum atomic E-state index is -0.717. The molecule has 0 aliphatic heterocycles. The Morgan fingerprint density at radius 2 is 1.56 bits per heavy atom. The van der Waals surface area contributed by atoms with E-state index in [9.17, 15) is 9.59 Å². The molecule has 0 saturated heterocycles. The van der Waals surface area contributed by atoms with Gasteiger partial charge in [0, 0.05) is 30.5 Å². The lowest BCUT2D eigenvalue weighted by Crippen LogP contribution is -2.47. The second-order valence-electron chi connectivity index (χ2n) is 8.31. The van der Waals surface area contributed by atoms with Crippen LogP contribution in [-0.2, 0) is 11.3 Å². The number of amides is 2. The van der Waals surface area contributed by atoms with Gasteiger partial charge in [-0.05, 0) is 41.8 Å². The summed E-state index contributed by atoms with van der Waals surface area (Å²) in [7, 11) is 0. The van der Waals surface area contributed by atoms with Crippen LogP contribution in [0.2, 0.25) is 0 Å². The minimum absolute atomic E-state index is 0. The van der Waals surface area contributed by atoms with Crippen LogP contribution in [-0.4, -0.2) is 30.5 Å². The van der Waals surface area contributed by atoms with Crippen LogP contribution < -0.4 is 21.1 Å². The maximum atomic E-state index is 12.9. The van der Waals surface area contributed by atoms with Crippen molar-refractivity contribution in [1.29, 1.82) is 0 Å². The highest BCUT2D eigenvalue weighted by atomic mass is 35.5. The van der Waals surface area contributed by atoms with Crippen molar-refractivity contribution in [2.75, 3.05) is 6.61 Å². The zero-order valence-electron chi connectivity index (χ0n) is 18.9. The van der Waals surface area contributed by atoms with Crippen molar-refractivity contribution in [2.45, 2.75) is 37.4 Å². The summed E-state index contributed by atoms with van der Waals surface area (Å²) in [6.45, 7) is 0.684. The number of nitrogens with two attached hydrogens (primary N) is 1. The molecule has 1 fully saturated rings. The van der Waals surface area contributed by atoms with E-state index in [4.69, 9.17) is 10.5 Å². The van der Waals surface area contributed by atoms with Gasteiger partial charge < -0.3 is 21.1 Å². The standard InChI is InChI=1S/C27H29N3O3.ClH/c28-24-17-23(24)20-11-13-22(14-12-20)33-16-15-25(30-26(31)21-9-5-2-6-10-21)27(32)29-18-19-7-3-1-4-8-19;/h1-14,23-25H,15-18,28H2,(H,29,32)(H,30,31);1H/t23-,24?,25?;/m0./s1. The third-order valence-electron chi connectivity index (χ3n) is 5.79. The second-order valence-corrected chi connectivity index (χ2v) is 8.31. The first kappa shape index (κ1) is 25.3. The van der Waals surface area contributed by atoms with Crippen molar-refractivity contribution in [3.8, 4) is 5.75 Å². The highest BCUT2D eigenvalue weighted by Crippen LogP contribution is 2.39. The summed E-state index contributed by atoms with van der Waals surface area (Å²) in [6.07, 6.45) is 1.37. The van der Waals surface area contributed by atoms with Crippen LogP contribution in [0, 0.1) is 0 Å². The molecule has 0 spiro atoms. The van der Waals surface area contributed by atoms with E-state index in [1.807, 2.05) is 60.7 Å². The Hall–Kier alpha value is -3.35. The topological polar surface area (TPSA) is 93.4 Å². The molecular weight excluding hydrogens is 450 g/mol. The fraction of sp³-hybridized carbons (Fsp3) is 0.259. The summed E-state index contributed by atoms with van der Waals surface area (Å²) in [6, 6.07) is 26.0. The molecule has 0 aromatic heterocycles. The molecule has 4 N–H and O–H groups in total. The van der Waals surface area contributed by atoms with Crippen LogP contribution >= 0.6 is 12.4 Å².